The van der Waals surface area contributed by atoms with E-state index in [0.717, 1.165) is 5.56 Å². The molecule has 0 spiro atoms. The summed E-state index contributed by atoms with van der Waals surface area (Å²) in [5.74, 6) is 0. The van der Waals surface area contributed by atoms with E-state index in [4.69, 9.17) is 19.9 Å². The number of methoxy groups -OCH3 is 1. The second-order valence-electron chi connectivity index (χ2n) is 4.77. The van der Waals surface area contributed by atoms with Crippen molar-refractivity contribution < 1.29 is 19.3 Å². The van der Waals surface area contributed by atoms with Gasteiger partial charge in [0.15, 0.2) is 6.29 Å². The number of nitrogens with two attached hydrogens (primary N) is 1. The largest absolute Gasteiger partial charge is 0.373 e. The molecule has 1 aliphatic heterocycles. The van der Waals surface area contributed by atoms with E-state index in [-0.39, 0.29) is 12.1 Å². The Balaban J connectivity index is 2.02. The Bertz CT molecular complexity index is 386. The van der Waals surface area contributed by atoms with Gasteiger partial charge in [-0.2, -0.15) is 0 Å². The van der Waals surface area contributed by atoms with Gasteiger partial charge in [-0.3, -0.25) is 0 Å². The van der Waals surface area contributed by atoms with Crippen molar-refractivity contribution >= 4 is 0 Å². The van der Waals surface area contributed by atoms with Gasteiger partial charge in [0.05, 0.1) is 18.8 Å². The number of rotatable bonds is 4. The average Bonchev–Trinajstić information content (AvgIpc) is 2.42. The van der Waals surface area contributed by atoms with Crippen molar-refractivity contribution in [2.24, 2.45) is 5.73 Å². The van der Waals surface area contributed by atoms with Crippen LogP contribution in [0, 0.1) is 0 Å². The molecule has 19 heavy (non-hydrogen) atoms. The highest BCUT2D eigenvalue weighted by Gasteiger charge is 2.43. The standard InChI is InChI=1S/C14H21NO4/c1-9-11(15)12(13(17-2)14(16)19-9)18-8-10-6-4-3-5-7-10/h3-7,9,11-14,16H,8,15H2,1-2H3/t9-,11-,12+,13-,14?/m1/s1. The molecule has 0 amide bonds. The topological polar surface area (TPSA) is 73.9 Å². The Morgan fingerprint density at radius 3 is 2.58 bits per heavy atom. The second-order valence-corrected chi connectivity index (χ2v) is 4.77. The summed E-state index contributed by atoms with van der Waals surface area (Å²) in [5.41, 5.74) is 7.13. The fourth-order valence-electron chi connectivity index (χ4n) is 2.26. The summed E-state index contributed by atoms with van der Waals surface area (Å²) in [5, 5.41) is 9.84. The van der Waals surface area contributed by atoms with E-state index in [1.807, 2.05) is 37.3 Å². The molecule has 0 saturated carbocycles. The van der Waals surface area contributed by atoms with Gasteiger partial charge >= 0.3 is 0 Å². The molecule has 1 saturated heterocycles. The van der Waals surface area contributed by atoms with Crippen LogP contribution in [-0.4, -0.2) is 42.9 Å². The molecular weight excluding hydrogens is 246 g/mol. The molecule has 1 aromatic rings. The molecule has 2 rings (SSSR count). The Kier molecular flexibility index (Phi) is 4.90. The van der Waals surface area contributed by atoms with E-state index >= 15 is 0 Å². The number of hydrogen-bond donors (Lipinski definition) is 2. The molecule has 0 aromatic heterocycles. The number of aliphatic hydroxyl groups excluding tert-OH is 1. The zero-order chi connectivity index (χ0) is 13.8. The zero-order valence-corrected chi connectivity index (χ0v) is 11.2. The van der Waals surface area contributed by atoms with Crippen LogP contribution in [0.4, 0.5) is 0 Å². The van der Waals surface area contributed by atoms with Gasteiger partial charge in [-0.05, 0) is 12.5 Å². The Morgan fingerprint density at radius 1 is 1.26 bits per heavy atom. The minimum absolute atomic E-state index is 0.276. The molecule has 0 radical (unpaired) electrons. The molecule has 106 valence electrons. The van der Waals surface area contributed by atoms with Crippen LogP contribution < -0.4 is 5.73 Å². The Morgan fingerprint density at radius 2 is 1.95 bits per heavy atom. The van der Waals surface area contributed by atoms with Crippen LogP contribution in [0.1, 0.15) is 12.5 Å². The molecule has 0 bridgehead atoms. The van der Waals surface area contributed by atoms with Crippen molar-refractivity contribution in [3.8, 4) is 0 Å². The fourth-order valence-corrected chi connectivity index (χ4v) is 2.26. The van der Waals surface area contributed by atoms with Crippen LogP contribution in [0.2, 0.25) is 0 Å². The molecule has 1 fully saturated rings. The van der Waals surface area contributed by atoms with Crippen LogP contribution in [0.25, 0.3) is 0 Å². The van der Waals surface area contributed by atoms with Gasteiger partial charge in [0, 0.05) is 7.11 Å². The Hall–Kier alpha value is -0.980. The third-order valence-corrected chi connectivity index (χ3v) is 3.44. The van der Waals surface area contributed by atoms with Gasteiger partial charge in [0.2, 0.25) is 0 Å². The van der Waals surface area contributed by atoms with Gasteiger partial charge in [-0.1, -0.05) is 30.3 Å². The third kappa shape index (κ3) is 3.32. The molecular formula is C14H21NO4. The van der Waals surface area contributed by atoms with Gasteiger partial charge < -0.3 is 25.1 Å². The molecule has 5 nitrogen and oxygen atoms in total. The van der Waals surface area contributed by atoms with E-state index in [1.165, 1.54) is 7.11 Å². The van der Waals surface area contributed by atoms with E-state index in [2.05, 4.69) is 0 Å². The van der Waals surface area contributed by atoms with E-state index in [9.17, 15) is 5.11 Å². The highest BCUT2D eigenvalue weighted by atomic mass is 16.7. The second kappa shape index (κ2) is 6.45. The summed E-state index contributed by atoms with van der Waals surface area (Å²) >= 11 is 0. The highest BCUT2D eigenvalue weighted by molar-refractivity contribution is 5.13. The smallest absolute Gasteiger partial charge is 0.184 e. The van der Waals surface area contributed by atoms with Crippen LogP contribution in [0.5, 0.6) is 0 Å². The van der Waals surface area contributed by atoms with Crippen LogP contribution >= 0.6 is 0 Å². The van der Waals surface area contributed by atoms with Crippen molar-refractivity contribution in [2.45, 2.75) is 44.2 Å². The molecule has 5 heteroatoms. The first-order valence-corrected chi connectivity index (χ1v) is 6.41. The summed E-state index contributed by atoms with van der Waals surface area (Å²) in [7, 11) is 1.51. The lowest BCUT2D eigenvalue weighted by atomic mass is 9.97. The average molecular weight is 267 g/mol. The van der Waals surface area contributed by atoms with Crippen molar-refractivity contribution in [3.05, 3.63) is 35.9 Å². The number of hydrogen-bond acceptors (Lipinski definition) is 5. The molecule has 1 aromatic carbocycles. The minimum atomic E-state index is -1.01. The summed E-state index contributed by atoms with van der Waals surface area (Å²) in [4.78, 5) is 0. The van der Waals surface area contributed by atoms with Crippen molar-refractivity contribution in [2.75, 3.05) is 7.11 Å². The SMILES string of the molecule is CO[C@H]1C(O)O[C@H](C)[C@@H](N)[C@@H]1OCc1ccccc1. The normalized spacial score (nSPS) is 35.3. The Labute approximate surface area is 113 Å². The predicted octanol–water partition coefficient (Wildman–Crippen LogP) is 0.651. The molecule has 3 N–H and O–H groups in total. The van der Waals surface area contributed by atoms with E-state index < -0.39 is 18.5 Å². The lowest BCUT2D eigenvalue weighted by Gasteiger charge is -2.41. The van der Waals surface area contributed by atoms with Crippen molar-refractivity contribution in [1.29, 1.82) is 0 Å². The minimum Gasteiger partial charge on any atom is -0.373 e. The first kappa shape index (κ1) is 14.4. The highest BCUT2D eigenvalue weighted by Crippen LogP contribution is 2.23. The van der Waals surface area contributed by atoms with Crippen LogP contribution in [0.3, 0.4) is 0 Å². The summed E-state index contributed by atoms with van der Waals surface area (Å²) in [6.07, 6.45) is -2.26. The quantitative estimate of drug-likeness (QED) is 0.838. The maximum absolute atomic E-state index is 9.84. The van der Waals surface area contributed by atoms with Gasteiger partial charge in [0.1, 0.15) is 12.2 Å². The van der Waals surface area contributed by atoms with Crippen molar-refractivity contribution in [3.63, 3.8) is 0 Å². The van der Waals surface area contributed by atoms with Crippen LogP contribution in [0.15, 0.2) is 30.3 Å². The van der Waals surface area contributed by atoms with Gasteiger partial charge in [-0.25, -0.2) is 0 Å². The van der Waals surface area contributed by atoms with Crippen LogP contribution in [-0.2, 0) is 20.8 Å². The van der Waals surface area contributed by atoms with Crippen molar-refractivity contribution in [1.82, 2.24) is 0 Å². The molecule has 1 unspecified atom stereocenters. The van der Waals surface area contributed by atoms with Gasteiger partial charge in [-0.15, -0.1) is 0 Å². The summed E-state index contributed by atoms with van der Waals surface area (Å²) in [6, 6.07) is 9.48. The van der Waals surface area contributed by atoms with E-state index in [1.54, 1.807) is 0 Å². The molecule has 0 aliphatic carbocycles. The number of ether oxygens (including phenoxy) is 3. The fraction of sp³-hybridized carbons (Fsp3) is 0.571. The maximum atomic E-state index is 9.84. The third-order valence-electron chi connectivity index (χ3n) is 3.44. The number of benzene rings is 1. The maximum Gasteiger partial charge on any atom is 0.184 e. The summed E-state index contributed by atoms with van der Waals surface area (Å²) < 4.78 is 16.4. The number of aliphatic hydroxyl groups is 1. The lowest BCUT2D eigenvalue weighted by Crippen LogP contribution is -2.61. The van der Waals surface area contributed by atoms with E-state index in [0.29, 0.717) is 6.61 Å². The predicted molar refractivity (Wildman–Crippen MR) is 70.3 cm³/mol. The lowest BCUT2D eigenvalue weighted by molar-refractivity contribution is -0.266. The first-order valence-electron chi connectivity index (χ1n) is 6.41. The van der Waals surface area contributed by atoms with Gasteiger partial charge in [0.25, 0.3) is 0 Å². The summed E-state index contributed by atoms with van der Waals surface area (Å²) in [6.45, 7) is 2.25. The molecule has 5 atom stereocenters. The molecule has 1 heterocycles. The monoisotopic (exact) mass is 267 g/mol. The molecule has 1 aliphatic rings. The zero-order valence-electron chi connectivity index (χ0n) is 11.2. The first-order chi connectivity index (χ1) is 9.13.